The van der Waals surface area contributed by atoms with Crippen LogP contribution in [0, 0.1) is 0 Å². The fraction of sp³-hybridized carbons (Fsp3) is 0.800. The molecule has 0 heterocycles. The molecule has 3 nitrogen and oxygen atoms in total. The van der Waals surface area contributed by atoms with E-state index >= 15 is 0 Å². The molecule has 0 atom stereocenters. The molecule has 0 amide bonds. The van der Waals surface area contributed by atoms with E-state index < -0.39 is 5.97 Å². The van der Waals surface area contributed by atoms with Gasteiger partial charge in [0.2, 0.25) is 0 Å². The van der Waals surface area contributed by atoms with Gasteiger partial charge in [0, 0.05) is 34.7 Å². The summed E-state index contributed by atoms with van der Waals surface area (Å²) in [5.74, 6) is -0.793. The van der Waals surface area contributed by atoms with Crippen molar-refractivity contribution in [3.05, 3.63) is 0 Å². The van der Waals surface area contributed by atoms with E-state index in [4.69, 9.17) is 10.2 Å². The fourth-order valence-corrected chi connectivity index (χ4v) is 0.388. The Balaban J connectivity index is 0. The minimum Gasteiger partial charge on any atom is -0.481 e. The zero-order chi connectivity index (χ0) is 6.41. The topological polar surface area (TPSA) is 57.5 Å². The summed E-state index contributed by atoms with van der Waals surface area (Å²) in [7, 11) is 0. The first-order valence-electron chi connectivity index (χ1n) is 2.60. The Morgan fingerprint density at radius 3 is 2.22 bits per heavy atom. The minimum absolute atomic E-state index is 0. The van der Waals surface area contributed by atoms with Gasteiger partial charge in [-0.3, -0.25) is 4.79 Å². The van der Waals surface area contributed by atoms with Crippen molar-refractivity contribution in [1.82, 2.24) is 0 Å². The van der Waals surface area contributed by atoms with Crippen LogP contribution in [0.1, 0.15) is 19.3 Å². The Hall–Kier alpha value is 0.144. The summed E-state index contributed by atoms with van der Waals surface area (Å²) >= 11 is 0. The van der Waals surface area contributed by atoms with Crippen LogP contribution >= 0.6 is 0 Å². The van der Waals surface area contributed by atoms with E-state index in [2.05, 4.69) is 0 Å². The van der Waals surface area contributed by atoms with Gasteiger partial charge in [-0.05, 0) is 12.8 Å². The molecule has 0 radical (unpaired) electrons. The maximum atomic E-state index is 9.79. The van der Waals surface area contributed by atoms with Gasteiger partial charge in [0.1, 0.15) is 0 Å². The molecule has 0 unspecified atom stereocenters. The van der Waals surface area contributed by atoms with Crippen LogP contribution in [0.3, 0.4) is 0 Å². The van der Waals surface area contributed by atoms with Gasteiger partial charge in [-0.2, -0.15) is 0 Å². The summed E-state index contributed by atoms with van der Waals surface area (Å²) in [6.45, 7) is 0.0906. The van der Waals surface area contributed by atoms with Gasteiger partial charge < -0.3 is 10.2 Å². The summed E-state index contributed by atoms with van der Waals surface area (Å²) in [5.41, 5.74) is 0. The second kappa shape index (κ2) is 8.14. The maximum Gasteiger partial charge on any atom is 0.303 e. The Morgan fingerprint density at radius 2 is 1.89 bits per heavy atom. The number of carboxylic acids is 1. The summed E-state index contributed by atoms with van der Waals surface area (Å²) in [4.78, 5) is 9.79. The van der Waals surface area contributed by atoms with Crippen molar-refractivity contribution in [2.45, 2.75) is 19.3 Å². The van der Waals surface area contributed by atoms with Crippen LogP contribution < -0.4 is 0 Å². The molecule has 2 N–H and O–H groups in total. The van der Waals surface area contributed by atoms with Crippen LogP contribution in [-0.4, -0.2) is 22.8 Å². The number of hydrogen-bond acceptors (Lipinski definition) is 2. The van der Waals surface area contributed by atoms with Gasteiger partial charge in [-0.15, -0.1) is 0 Å². The zero-order valence-corrected chi connectivity index (χ0v) is 6.69. The number of rotatable bonds is 4. The predicted molar refractivity (Wildman–Crippen MR) is 28.6 cm³/mol. The quantitative estimate of drug-likeness (QED) is 0.464. The largest absolute Gasteiger partial charge is 0.481 e. The van der Waals surface area contributed by atoms with Crippen molar-refractivity contribution in [2.24, 2.45) is 0 Å². The monoisotopic (exact) mass is 166 g/mol. The van der Waals surface area contributed by atoms with E-state index in [-0.39, 0.29) is 34.7 Å². The van der Waals surface area contributed by atoms with Crippen molar-refractivity contribution in [3.8, 4) is 0 Å². The van der Waals surface area contributed by atoms with Crippen molar-refractivity contribution in [1.29, 1.82) is 0 Å². The third kappa shape index (κ3) is 11.6. The van der Waals surface area contributed by atoms with Crippen LogP contribution in [0.4, 0.5) is 0 Å². The van der Waals surface area contributed by atoms with E-state index in [1.165, 1.54) is 0 Å². The van der Waals surface area contributed by atoms with Gasteiger partial charge in [-0.25, -0.2) is 0 Å². The Labute approximate surface area is 69.0 Å². The average Bonchev–Trinajstić information content (AvgIpc) is 1.66. The SMILES string of the molecule is O=C(O)CCCCO.[Ti]. The number of aliphatic carboxylic acids is 1. The Kier molecular flexibility index (Phi) is 10.8. The van der Waals surface area contributed by atoms with E-state index in [1.807, 2.05) is 0 Å². The molecule has 0 aromatic rings. The molecule has 52 valence electrons. The predicted octanol–water partition coefficient (Wildman–Crippen LogP) is 0.231. The number of aliphatic hydroxyl groups excluding tert-OH is 1. The van der Waals surface area contributed by atoms with Gasteiger partial charge in [0.25, 0.3) is 0 Å². The molecular weight excluding hydrogens is 156 g/mol. The number of carboxylic acid groups (broad SMARTS) is 1. The number of hydrogen-bond donors (Lipinski definition) is 2. The molecule has 0 aliphatic heterocycles. The number of unbranched alkanes of at least 4 members (excludes halogenated alkanes) is 1. The Bertz CT molecular complexity index is 74.6. The van der Waals surface area contributed by atoms with Gasteiger partial charge in [0.05, 0.1) is 0 Å². The molecular formula is C5H10O3Ti. The van der Waals surface area contributed by atoms with Crippen molar-refractivity contribution < 1.29 is 36.7 Å². The first kappa shape index (κ1) is 11.9. The average molecular weight is 166 g/mol. The summed E-state index contributed by atoms with van der Waals surface area (Å²) in [5, 5.41) is 16.2. The molecule has 0 fully saturated rings. The first-order chi connectivity index (χ1) is 3.77. The van der Waals surface area contributed by atoms with Crippen LogP contribution in [0.25, 0.3) is 0 Å². The first-order valence-corrected chi connectivity index (χ1v) is 2.60. The third-order valence-corrected chi connectivity index (χ3v) is 0.799. The third-order valence-electron chi connectivity index (χ3n) is 0.799. The molecule has 0 bridgehead atoms. The maximum absolute atomic E-state index is 9.79. The van der Waals surface area contributed by atoms with Crippen molar-refractivity contribution in [2.75, 3.05) is 6.61 Å². The van der Waals surface area contributed by atoms with Crippen LogP contribution in [0.15, 0.2) is 0 Å². The summed E-state index contributed by atoms with van der Waals surface area (Å²) < 4.78 is 0. The standard InChI is InChI=1S/C5H10O3.Ti/c6-4-2-1-3-5(7)8;/h6H,1-4H2,(H,7,8);. The van der Waals surface area contributed by atoms with E-state index in [0.29, 0.717) is 12.8 Å². The molecule has 0 aliphatic rings. The second-order valence-corrected chi connectivity index (χ2v) is 1.57. The van der Waals surface area contributed by atoms with Gasteiger partial charge >= 0.3 is 5.97 Å². The molecule has 0 aliphatic carbocycles. The zero-order valence-electron chi connectivity index (χ0n) is 5.13. The number of carbonyl (C=O) groups is 1. The molecule has 0 saturated carbocycles. The summed E-state index contributed by atoms with van der Waals surface area (Å²) in [6, 6.07) is 0. The van der Waals surface area contributed by atoms with Crippen LogP contribution in [0.5, 0.6) is 0 Å². The second-order valence-electron chi connectivity index (χ2n) is 1.57. The molecule has 0 rings (SSSR count). The molecule has 4 heteroatoms. The van der Waals surface area contributed by atoms with Crippen molar-refractivity contribution >= 4 is 5.97 Å². The smallest absolute Gasteiger partial charge is 0.303 e. The molecule has 0 saturated heterocycles. The van der Waals surface area contributed by atoms with E-state index in [1.54, 1.807) is 0 Å². The van der Waals surface area contributed by atoms with E-state index in [0.717, 1.165) is 0 Å². The van der Waals surface area contributed by atoms with E-state index in [9.17, 15) is 4.79 Å². The van der Waals surface area contributed by atoms with Crippen LogP contribution in [0.2, 0.25) is 0 Å². The fourth-order valence-electron chi connectivity index (χ4n) is 0.388. The molecule has 0 spiro atoms. The van der Waals surface area contributed by atoms with Crippen molar-refractivity contribution in [3.63, 3.8) is 0 Å². The van der Waals surface area contributed by atoms with Gasteiger partial charge in [0.15, 0.2) is 0 Å². The van der Waals surface area contributed by atoms with Crippen LogP contribution in [-0.2, 0) is 26.5 Å². The van der Waals surface area contributed by atoms with Gasteiger partial charge in [-0.1, -0.05) is 0 Å². The number of aliphatic hydroxyl groups is 1. The minimum atomic E-state index is -0.793. The molecule has 0 aromatic carbocycles. The summed E-state index contributed by atoms with van der Waals surface area (Å²) in [6.07, 6.45) is 1.33. The normalized spacial score (nSPS) is 8.11. The molecule has 9 heavy (non-hydrogen) atoms. The molecule has 0 aromatic heterocycles. The Morgan fingerprint density at radius 1 is 1.33 bits per heavy atom.